The Morgan fingerprint density at radius 3 is 2.81 bits per heavy atom. The average Bonchev–Trinajstić information content (AvgIpc) is 3.06. The number of hydrogen-bond acceptors (Lipinski definition) is 4. The molecular weight excluding hydrogens is 344 g/mol. The van der Waals surface area contributed by atoms with E-state index in [1.807, 2.05) is 41.0 Å². The smallest absolute Gasteiger partial charge is 0.230 e. The number of carbonyl (C=O) groups is 1. The molecule has 0 bridgehead atoms. The van der Waals surface area contributed by atoms with Crippen LogP contribution in [-0.2, 0) is 11.3 Å². The zero-order valence-corrected chi connectivity index (χ0v) is 16.0. The fourth-order valence-corrected chi connectivity index (χ4v) is 4.16. The van der Waals surface area contributed by atoms with Gasteiger partial charge in [-0.05, 0) is 18.8 Å². The minimum absolute atomic E-state index is 0.0724. The van der Waals surface area contributed by atoms with Crippen molar-refractivity contribution in [1.82, 2.24) is 20.1 Å². The standard InChI is InChI=1S/C20H26N4OS/c1-3-13-24-19(16-10-5-4-6-11-16)22-23-20(24)26-14-18(25)21-17-12-8-7-9-15(17)2/h3-6,10-11,15,17H,1,7-9,12-14H2,2H3,(H,21,25). The molecule has 6 heteroatoms. The Labute approximate surface area is 159 Å². The van der Waals surface area contributed by atoms with Gasteiger partial charge in [-0.3, -0.25) is 9.36 Å². The van der Waals surface area contributed by atoms with Crippen LogP contribution in [0.25, 0.3) is 11.4 Å². The second kappa shape index (κ2) is 9.03. The Morgan fingerprint density at radius 1 is 1.31 bits per heavy atom. The molecule has 26 heavy (non-hydrogen) atoms. The molecule has 1 fully saturated rings. The summed E-state index contributed by atoms with van der Waals surface area (Å²) in [6.45, 7) is 6.67. The van der Waals surface area contributed by atoms with Gasteiger partial charge >= 0.3 is 0 Å². The van der Waals surface area contributed by atoms with E-state index in [0.29, 0.717) is 24.3 Å². The van der Waals surface area contributed by atoms with Crippen molar-refractivity contribution in [3.63, 3.8) is 0 Å². The van der Waals surface area contributed by atoms with Gasteiger partial charge in [0.25, 0.3) is 0 Å². The molecule has 1 heterocycles. The first kappa shape index (κ1) is 18.7. The molecule has 1 N–H and O–H groups in total. The first-order valence-electron chi connectivity index (χ1n) is 9.20. The molecule has 138 valence electrons. The van der Waals surface area contributed by atoms with E-state index in [-0.39, 0.29) is 5.91 Å². The molecule has 0 spiro atoms. The molecule has 1 aromatic heterocycles. The lowest BCUT2D eigenvalue weighted by Gasteiger charge is -2.29. The first-order chi connectivity index (χ1) is 12.7. The zero-order chi connectivity index (χ0) is 18.4. The minimum Gasteiger partial charge on any atom is -0.352 e. The highest BCUT2D eigenvalue weighted by Gasteiger charge is 2.23. The highest BCUT2D eigenvalue weighted by atomic mass is 32.2. The van der Waals surface area contributed by atoms with E-state index in [1.54, 1.807) is 0 Å². The Morgan fingerprint density at radius 2 is 2.08 bits per heavy atom. The maximum absolute atomic E-state index is 12.4. The summed E-state index contributed by atoms with van der Waals surface area (Å²) in [4.78, 5) is 12.4. The predicted octanol–water partition coefficient (Wildman–Crippen LogP) is 3.92. The van der Waals surface area contributed by atoms with Crippen molar-refractivity contribution in [3.8, 4) is 11.4 Å². The van der Waals surface area contributed by atoms with Gasteiger partial charge in [-0.15, -0.1) is 16.8 Å². The van der Waals surface area contributed by atoms with Crippen LogP contribution < -0.4 is 5.32 Å². The Hall–Kier alpha value is -2.08. The largest absolute Gasteiger partial charge is 0.352 e. The van der Waals surface area contributed by atoms with Crippen LogP contribution in [-0.4, -0.2) is 32.5 Å². The summed E-state index contributed by atoms with van der Waals surface area (Å²) in [6.07, 6.45) is 6.59. The molecule has 1 aliphatic carbocycles. The Kier molecular flexibility index (Phi) is 6.50. The predicted molar refractivity (Wildman–Crippen MR) is 106 cm³/mol. The SMILES string of the molecule is C=CCn1c(SCC(=O)NC2CCCCC2C)nnc1-c1ccccc1. The van der Waals surface area contributed by atoms with Crippen molar-refractivity contribution >= 4 is 17.7 Å². The molecule has 0 aliphatic heterocycles. The van der Waals surface area contributed by atoms with E-state index in [1.165, 1.54) is 31.0 Å². The van der Waals surface area contributed by atoms with Gasteiger partial charge in [-0.1, -0.05) is 67.9 Å². The third-order valence-electron chi connectivity index (χ3n) is 4.85. The second-order valence-corrected chi connectivity index (χ2v) is 7.74. The zero-order valence-electron chi connectivity index (χ0n) is 15.2. The molecule has 2 atom stereocenters. The van der Waals surface area contributed by atoms with Crippen LogP contribution in [0.15, 0.2) is 48.1 Å². The normalized spacial score (nSPS) is 19.9. The van der Waals surface area contributed by atoms with E-state index in [4.69, 9.17) is 0 Å². The van der Waals surface area contributed by atoms with Gasteiger partial charge in [-0.2, -0.15) is 0 Å². The number of carbonyl (C=O) groups excluding carboxylic acids is 1. The second-order valence-electron chi connectivity index (χ2n) is 6.80. The molecule has 3 rings (SSSR count). The number of thioether (sulfide) groups is 1. The maximum atomic E-state index is 12.4. The van der Waals surface area contributed by atoms with Crippen molar-refractivity contribution < 1.29 is 4.79 Å². The average molecular weight is 371 g/mol. The van der Waals surface area contributed by atoms with Crippen molar-refractivity contribution in [2.45, 2.75) is 50.4 Å². The van der Waals surface area contributed by atoms with E-state index in [9.17, 15) is 4.79 Å². The van der Waals surface area contributed by atoms with Crippen molar-refractivity contribution in [2.24, 2.45) is 5.92 Å². The maximum Gasteiger partial charge on any atom is 0.230 e. The van der Waals surface area contributed by atoms with Gasteiger partial charge in [0.15, 0.2) is 11.0 Å². The minimum atomic E-state index is 0.0724. The number of aromatic nitrogens is 3. The highest BCUT2D eigenvalue weighted by molar-refractivity contribution is 7.99. The highest BCUT2D eigenvalue weighted by Crippen LogP contribution is 2.25. The van der Waals surface area contributed by atoms with Gasteiger partial charge in [0.2, 0.25) is 5.91 Å². The third-order valence-corrected chi connectivity index (χ3v) is 5.82. The van der Waals surface area contributed by atoms with Gasteiger partial charge < -0.3 is 5.32 Å². The summed E-state index contributed by atoms with van der Waals surface area (Å²) in [5, 5.41) is 12.6. The summed E-state index contributed by atoms with van der Waals surface area (Å²) in [5.41, 5.74) is 1.01. The van der Waals surface area contributed by atoms with Crippen molar-refractivity contribution in [2.75, 3.05) is 5.75 Å². The fraction of sp³-hybridized carbons (Fsp3) is 0.450. The summed E-state index contributed by atoms with van der Waals surface area (Å²) in [6, 6.07) is 10.3. The molecule has 1 amide bonds. The van der Waals surface area contributed by atoms with Gasteiger partial charge in [0, 0.05) is 18.2 Å². The molecule has 2 aromatic rings. The van der Waals surface area contributed by atoms with Crippen LogP contribution >= 0.6 is 11.8 Å². The Bertz CT molecular complexity index is 744. The monoisotopic (exact) mass is 370 g/mol. The van der Waals surface area contributed by atoms with E-state index < -0.39 is 0 Å². The van der Waals surface area contributed by atoms with E-state index in [2.05, 4.69) is 29.0 Å². The topological polar surface area (TPSA) is 59.8 Å². The fourth-order valence-electron chi connectivity index (χ4n) is 3.40. The number of allylic oxidation sites excluding steroid dienone is 1. The van der Waals surface area contributed by atoms with Gasteiger partial charge in [0.1, 0.15) is 0 Å². The van der Waals surface area contributed by atoms with Crippen LogP contribution in [0, 0.1) is 5.92 Å². The molecule has 1 aromatic carbocycles. The number of rotatable bonds is 7. The lowest BCUT2D eigenvalue weighted by Crippen LogP contribution is -2.41. The number of nitrogens with zero attached hydrogens (tertiary/aromatic N) is 3. The molecule has 1 aliphatic rings. The number of nitrogens with one attached hydrogen (secondary N) is 1. The summed E-state index contributed by atoms with van der Waals surface area (Å²) < 4.78 is 2.00. The first-order valence-corrected chi connectivity index (χ1v) is 10.2. The molecule has 0 saturated heterocycles. The summed E-state index contributed by atoms with van der Waals surface area (Å²) >= 11 is 1.43. The number of amides is 1. The molecule has 0 radical (unpaired) electrons. The van der Waals surface area contributed by atoms with Crippen LogP contribution in [0.2, 0.25) is 0 Å². The van der Waals surface area contributed by atoms with Crippen molar-refractivity contribution in [1.29, 1.82) is 0 Å². The van der Waals surface area contributed by atoms with Crippen LogP contribution in [0.3, 0.4) is 0 Å². The lowest BCUT2D eigenvalue weighted by molar-refractivity contribution is -0.119. The molecule has 5 nitrogen and oxygen atoms in total. The van der Waals surface area contributed by atoms with Gasteiger partial charge in [-0.25, -0.2) is 0 Å². The van der Waals surface area contributed by atoms with E-state index >= 15 is 0 Å². The van der Waals surface area contributed by atoms with Crippen molar-refractivity contribution in [3.05, 3.63) is 43.0 Å². The van der Waals surface area contributed by atoms with E-state index in [0.717, 1.165) is 23.0 Å². The quantitative estimate of drug-likeness (QED) is 0.593. The summed E-state index contributed by atoms with van der Waals surface area (Å²) in [7, 11) is 0. The van der Waals surface area contributed by atoms with Crippen LogP contribution in [0.5, 0.6) is 0 Å². The third kappa shape index (κ3) is 4.55. The number of hydrogen-bond donors (Lipinski definition) is 1. The van der Waals surface area contributed by atoms with Gasteiger partial charge in [0.05, 0.1) is 5.75 Å². The molecule has 2 unspecified atom stereocenters. The Balaban J connectivity index is 1.65. The van der Waals surface area contributed by atoms with Crippen LogP contribution in [0.4, 0.5) is 0 Å². The molecular formula is C20H26N4OS. The number of benzene rings is 1. The molecule has 1 saturated carbocycles. The summed E-state index contributed by atoms with van der Waals surface area (Å²) in [5.74, 6) is 1.79. The lowest BCUT2D eigenvalue weighted by atomic mass is 9.86. The van der Waals surface area contributed by atoms with Crippen LogP contribution in [0.1, 0.15) is 32.6 Å².